The van der Waals surface area contributed by atoms with Gasteiger partial charge >= 0.3 is 6.18 Å². The number of anilines is 1. The highest BCUT2D eigenvalue weighted by Gasteiger charge is 2.34. The molecule has 0 aliphatic carbocycles. The minimum atomic E-state index is -4.63. The fourth-order valence-corrected chi connectivity index (χ4v) is 3.55. The van der Waals surface area contributed by atoms with Crippen LogP contribution in [-0.2, 0) is 17.5 Å². The zero-order chi connectivity index (χ0) is 21.0. The quantitative estimate of drug-likeness (QED) is 0.546. The van der Waals surface area contributed by atoms with E-state index in [4.69, 9.17) is 11.6 Å². The average molecular weight is 441 g/mol. The largest absolute Gasteiger partial charge is 0.418 e. The molecule has 0 atom stereocenters. The van der Waals surface area contributed by atoms with E-state index in [0.29, 0.717) is 17.5 Å². The molecular formula is C19H16ClF3N4OS. The average Bonchev–Trinajstić information content (AvgIpc) is 3.01. The van der Waals surface area contributed by atoms with E-state index in [2.05, 4.69) is 15.5 Å². The summed E-state index contributed by atoms with van der Waals surface area (Å²) < 4.78 is 41.3. The minimum absolute atomic E-state index is 0.0609. The molecule has 0 fully saturated rings. The SMILES string of the molecule is Cc1nnc(SCC(=O)Nc2ccc(Cl)cc2C(F)(F)F)n1Cc1ccccc1. The second-order valence-corrected chi connectivity index (χ2v) is 7.50. The van der Waals surface area contributed by atoms with Crippen molar-refractivity contribution in [1.29, 1.82) is 0 Å². The molecule has 0 radical (unpaired) electrons. The van der Waals surface area contributed by atoms with Crippen LogP contribution in [-0.4, -0.2) is 26.4 Å². The molecule has 3 aromatic rings. The number of hydrogen-bond acceptors (Lipinski definition) is 4. The molecule has 5 nitrogen and oxygen atoms in total. The number of thioether (sulfide) groups is 1. The van der Waals surface area contributed by atoms with Gasteiger partial charge in [-0.05, 0) is 30.7 Å². The van der Waals surface area contributed by atoms with E-state index in [1.165, 1.54) is 6.07 Å². The lowest BCUT2D eigenvalue weighted by Gasteiger charge is -2.14. The number of carbonyl (C=O) groups is 1. The van der Waals surface area contributed by atoms with Gasteiger partial charge in [0.25, 0.3) is 0 Å². The molecule has 1 heterocycles. The highest BCUT2D eigenvalue weighted by molar-refractivity contribution is 7.99. The van der Waals surface area contributed by atoms with Crippen molar-refractivity contribution < 1.29 is 18.0 Å². The summed E-state index contributed by atoms with van der Waals surface area (Å²) in [5.41, 5.74) is -0.293. The van der Waals surface area contributed by atoms with Gasteiger partial charge in [-0.25, -0.2) is 0 Å². The number of benzene rings is 2. The normalized spacial score (nSPS) is 11.5. The van der Waals surface area contributed by atoms with Crippen LogP contribution >= 0.6 is 23.4 Å². The summed E-state index contributed by atoms with van der Waals surface area (Å²) >= 11 is 6.75. The second kappa shape index (κ2) is 8.87. The van der Waals surface area contributed by atoms with Gasteiger partial charge in [0.15, 0.2) is 5.16 Å². The molecule has 29 heavy (non-hydrogen) atoms. The molecule has 1 N–H and O–H groups in total. The topological polar surface area (TPSA) is 59.8 Å². The Kier molecular flexibility index (Phi) is 6.49. The number of aromatic nitrogens is 3. The van der Waals surface area contributed by atoms with Gasteiger partial charge in [0, 0.05) is 5.02 Å². The van der Waals surface area contributed by atoms with Crippen molar-refractivity contribution >= 4 is 35.0 Å². The van der Waals surface area contributed by atoms with Crippen LogP contribution in [0.15, 0.2) is 53.7 Å². The van der Waals surface area contributed by atoms with Gasteiger partial charge in [-0.3, -0.25) is 4.79 Å². The monoisotopic (exact) mass is 440 g/mol. The van der Waals surface area contributed by atoms with E-state index >= 15 is 0 Å². The second-order valence-electron chi connectivity index (χ2n) is 6.13. The Bertz CT molecular complexity index is 1010. The molecule has 0 spiro atoms. The molecule has 1 aromatic heterocycles. The zero-order valence-electron chi connectivity index (χ0n) is 15.2. The van der Waals surface area contributed by atoms with Gasteiger partial charge in [-0.15, -0.1) is 10.2 Å². The molecule has 0 saturated carbocycles. The lowest BCUT2D eigenvalue weighted by atomic mass is 10.1. The smallest absolute Gasteiger partial charge is 0.325 e. The third kappa shape index (κ3) is 5.51. The Hall–Kier alpha value is -2.52. The van der Waals surface area contributed by atoms with E-state index in [-0.39, 0.29) is 16.5 Å². The minimum Gasteiger partial charge on any atom is -0.325 e. The van der Waals surface area contributed by atoms with Crippen molar-refractivity contribution in [2.24, 2.45) is 0 Å². The van der Waals surface area contributed by atoms with Crippen LogP contribution in [0.4, 0.5) is 18.9 Å². The Morgan fingerprint density at radius 3 is 2.59 bits per heavy atom. The van der Waals surface area contributed by atoms with Crippen LogP contribution in [0.2, 0.25) is 5.02 Å². The Balaban J connectivity index is 1.68. The van der Waals surface area contributed by atoms with Crippen LogP contribution in [0.1, 0.15) is 17.0 Å². The standard InChI is InChI=1S/C19H16ClF3N4OS/c1-12-25-26-18(27(12)10-13-5-3-2-4-6-13)29-11-17(28)24-16-8-7-14(20)9-15(16)19(21,22)23/h2-9H,10-11H2,1H3,(H,24,28). The van der Waals surface area contributed by atoms with Crippen molar-refractivity contribution in [3.8, 4) is 0 Å². The Morgan fingerprint density at radius 2 is 1.90 bits per heavy atom. The summed E-state index contributed by atoms with van der Waals surface area (Å²) in [6.07, 6.45) is -4.63. The predicted octanol–water partition coefficient (Wildman–Crippen LogP) is 5.04. The van der Waals surface area contributed by atoms with E-state index in [1.54, 1.807) is 6.92 Å². The summed E-state index contributed by atoms with van der Waals surface area (Å²) in [6.45, 7) is 2.32. The van der Waals surface area contributed by atoms with E-state index < -0.39 is 17.6 Å². The fourth-order valence-electron chi connectivity index (χ4n) is 2.59. The highest BCUT2D eigenvalue weighted by Crippen LogP contribution is 2.36. The lowest BCUT2D eigenvalue weighted by Crippen LogP contribution is -2.18. The highest BCUT2D eigenvalue weighted by atomic mass is 35.5. The number of carbonyl (C=O) groups excluding carboxylic acids is 1. The van der Waals surface area contributed by atoms with Gasteiger partial charge in [0.1, 0.15) is 5.82 Å². The summed E-state index contributed by atoms with van der Waals surface area (Å²) in [5, 5.41) is 10.8. The van der Waals surface area contributed by atoms with Crippen LogP contribution in [0, 0.1) is 6.92 Å². The van der Waals surface area contributed by atoms with E-state index in [1.807, 2.05) is 34.9 Å². The molecule has 0 saturated heterocycles. The number of nitrogens with one attached hydrogen (secondary N) is 1. The van der Waals surface area contributed by atoms with Crippen molar-refractivity contribution in [3.05, 3.63) is 70.5 Å². The van der Waals surface area contributed by atoms with Gasteiger partial charge in [0.2, 0.25) is 5.91 Å². The third-order valence-electron chi connectivity index (χ3n) is 3.98. The molecule has 152 valence electrons. The van der Waals surface area contributed by atoms with Crippen molar-refractivity contribution in [2.45, 2.75) is 24.8 Å². The van der Waals surface area contributed by atoms with Gasteiger partial charge in [-0.1, -0.05) is 53.7 Å². The van der Waals surface area contributed by atoms with Crippen LogP contribution < -0.4 is 5.32 Å². The van der Waals surface area contributed by atoms with Crippen molar-refractivity contribution in [3.63, 3.8) is 0 Å². The molecule has 0 unspecified atom stereocenters. The number of rotatable bonds is 6. The molecule has 0 aliphatic heterocycles. The van der Waals surface area contributed by atoms with Gasteiger partial charge in [-0.2, -0.15) is 13.2 Å². The first kappa shape index (κ1) is 21.2. The zero-order valence-corrected chi connectivity index (χ0v) is 16.8. The van der Waals surface area contributed by atoms with Crippen molar-refractivity contribution in [2.75, 3.05) is 11.1 Å². The summed E-state index contributed by atoms with van der Waals surface area (Å²) in [6, 6.07) is 12.9. The molecule has 10 heteroatoms. The maximum absolute atomic E-state index is 13.2. The number of aryl methyl sites for hydroxylation is 1. The number of halogens is 4. The summed E-state index contributed by atoms with van der Waals surface area (Å²) in [5.74, 6) is -0.0316. The van der Waals surface area contributed by atoms with Gasteiger partial charge < -0.3 is 9.88 Å². The van der Waals surface area contributed by atoms with Crippen LogP contribution in [0.25, 0.3) is 0 Å². The third-order valence-corrected chi connectivity index (χ3v) is 5.18. The first-order chi connectivity index (χ1) is 13.7. The lowest BCUT2D eigenvalue weighted by molar-refractivity contribution is -0.137. The summed E-state index contributed by atoms with van der Waals surface area (Å²) in [7, 11) is 0. The van der Waals surface area contributed by atoms with Gasteiger partial charge in [0.05, 0.1) is 23.5 Å². The maximum Gasteiger partial charge on any atom is 0.418 e. The van der Waals surface area contributed by atoms with E-state index in [9.17, 15) is 18.0 Å². The molecule has 3 rings (SSSR count). The molecule has 1 amide bonds. The number of amides is 1. The maximum atomic E-state index is 13.2. The molecule has 0 bridgehead atoms. The molecule has 0 aliphatic rings. The fraction of sp³-hybridized carbons (Fsp3) is 0.211. The number of hydrogen-bond donors (Lipinski definition) is 1. The Morgan fingerprint density at radius 1 is 1.17 bits per heavy atom. The first-order valence-corrected chi connectivity index (χ1v) is 9.83. The summed E-state index contributed by atoms with van der Waals surface area (Å²) in [4.78, 5) is 12.2. The number of nitrogens with zero attached hydrogens (tertiary/aromatic N) is 3. The molecular weight excluding hydrogens is 425 g/mol. The Labute approximate surface area is 174 Å². The molecule has 2 aromatic carbocycles. The van der Waals surface area contributed by atoms with Crippen LogP contribution in [0.5, 0.6) is 0 Å². The van der Waals surface area contributed by atoms with Crippen LogP contribution in [0.3, 0.4) is 0 Å². The van der Waals surface area contributed by atoms with E-state index in [0.717, 1.165) is 29.5 Å². The number of alkyl halides is 3. The first-order valence-electron chi connectivity index (χ1n) is 8.47. The predicted molar refractivity (Wildman–Crippen MR) is 106 cm³/mol. The van der Waals surface area contributed by atoms with Crippen molar-refractivity contribution in [1.82, 2.24) is 14.8 Å².